The van der Waals surface area contributed by atoms with Crippen LogP contribution in [0, 0.1) is 11.6 Å². The molecular formula is C14H19F2NO2. The molecule has 19 heavy (non-hydrogen) atoms. The average molecular weight is 271 g/mol. The smallest absolute Gasteiger partial charge is 0.126 e. The Kier molecular flexibility index (Phi) is 4.50. The van der Waals surface area contributed by atoms with Crippen LogP contribution in [0.25, 0.3) is 0 Å². The highest BCUT2D eigenvalue weighted by molar-refractivity contribution is 5.19. The van der Waals surface area contributed by atoms with Crippen molar-refractivity contribution in [1.82, 2.24) is 5.32 Å². The zero-order valence-corrected chi connectivity index (χ0v) is 11.0. The lowest BCUT2D eigenvalue weighted by Crippen LogP contribution is -2.46. The fourth-order valence-corrected chi connectivity index (χ4v) is 2.51. The molecule has 1 saturated heterocycles. The van der Waals surface area contributed by atoms with Crippen LogP contribution in [0.5, 0.6) is 0 Å². The molecule has 1 aromatic carbocycles. The van der Waals surface area contributed by atoms with E-state index in [1.54, 1.807) is 6.92 Å². The number of halogens is 2. The summed E-state index contributed by atoms with van der Waals surface area (Å²) in [5.41, 5.74) is -0.572. The van der Waals surface area contributed by atoms with E-state index in [0.29, 0.717) is 25.2 Å². The van der Waals surface area contributed by atoms with Crippen LogP contribution in [0.3, 0.4) is 0 Å². The van der Waals surface area contributed by atoms with Gasteiger partial charge in [-0.3, -0.25) is 0 Å². The van der Waals surface area contributed by atoms with Gasteiger partial charge in [-0.05, 0) is 31.0 Å². The van der Waals surface area contributed by atoms with Crippen molar-refractivity contribution in [2.24, 2.45) is 0 Å². The molecule has 1 aromatic rings. The lowest BCUT2D eigenvalue weighted by molar-refractivity contribution is 0.00645. The fraction of sp³-hybridized carbons (Fsp3) is 0.571. The zero-order valence-electron chi connectivity index (χ0n) is 11.0. The van der Waals surface area contributed by atoms with Crippen molar-refractivity contribution in [3.05, 3.63) is 35.4 Å². The second-order valence-electron chi connectivity index (χ2n) is 5.38. The van der Waals surface area contributed by atoms with E-state index in [1.165, 1.54) is 12.1 Å². The highest BCUT2D eigenvalue weighted by Crippen LogP contribution is 2.21. The molecule has 0 radical (unpaired) electrons. The number of aliphatic hydroxyl groups is 1. The second-order valence-corrected chi connectivity index (χ2v) is 5.38. The van der Waals surface area contributed by atoms with Gasteiger partial charge in [0.1, 0.15) is 11.6 Å². The topological polar surface area (TPSA) is 41.5 Å². The summed E-state index contributed by atoms with van der Waals surface area (Å²) >= 11 is 0. The Morgan fingerprint density at radius 2 is 2.05 bits per heavy atom. The molecule has 0 saturated carbocycles. The predicted octanol–water partition coefficient (Wildman–Crippen LogP) is 1.64. The maximum Gasteiger partial charge on any atom is 0.126 e. The molecule has 1 fully saturated rings. The van der Waals surface area contributed by atoms with Crippen molar-refractivity contribution >= 4 is 0 Å². The third-order valence-electron chi connectivity index (χ3n) is 3.19. The normalized spacial score (nSPS) is 23.1. The first-order valence-corrected chi connectivity index (χ1v) is 6.43. The van der Waals surface area contributed by atoms with Crippen LogP contribution < -0.4 is 5.32 Å². The van der Waals surface area contributed by atoms with Crippen LogP contribution in [0.4, 0.5) is 8.78 Å². The lowest BCUT2D eigenvalue weighted by Gasteiger charge is -2.31. The van der Waals surface area contributed by atoms with Gasteiger partial charge in [-0.1, -0.05) is 0 Å². The minimum absolute atomic E-state index is 0.0714. The van der Waals surface area contributed by atoms with E-state index >= 15 is 0 Å². The average Bonchev–Trinajstić information content (AvgIpc) is 2.27. The van der Waals surface area contributed by atoms with E-state index in [0.717, 1.165) is 12.6 Å². The molecule has 106 valence electrons. The largest absolute Gasteiger partial charge is 0.390 e. The highest BCUT2D eigenvalue weighted by Gasteiger charge is 2.27. The summed E-state index contributed by atoms with van der Waals surface area (Å²) in [6.45, 7) is 3.66. The summed E-state index contributed by atoms with van der Waals surface area (Å²) < 4.78 is 31.5. The Balaban J connectivity index is 1.98. The first kappa shape index (κ1) is 14.4. The van der Waals surface area contributed by atoms with Gasteiger partial charge in [-0.25, -0.2) is 8.78 Å². The first-order valence-electron chi connectivity index (χ1n) is 6.43. The summed E-state index contributed by atoms with van der Waals surface area (Å²) in [4.78, 5) is 0. The molecule has 1 aliphatic rings. The van der Waals surface area contributed by atoms with Gasteiger partial charge in [0, 0.05) is 25.1 Å². The van der Waals surface area contributed by atoms with Gasteiger partial charge in [0.25, 0.3) is 0 Å². The number of benzene rings is 1. The van der Waals surface area contributed by atoms with Crippen LogP contribution in [0.2, 0.25) is 0 Å². The van der Waals surface area contributed by atoms with Crippen molar-refractivity contribution in [3.63, 3.8) is 0 Å². The molecule has 2 N–H and O–H groups in total. The summed E-state index contributed by atoms with van der Waals surface area (Å²) in [5.74, 6) is -1.24. The van der Waals surface area contributed by atoms with E-state index in [1.807, 2.05) is 0 Å². The van der Waals surface area contributed by atoms with Crippen molar-refractivity contribution in [2.75, 3.05) is 19.8 Å². The number of morpholine rings is 1. The summed E-state index contributed by atoms with van der Waals surface area (Å²) in [5, 5.41) is 13.6. The van der Waals surface area contributed by atoms with E-state index in [9.17, 15) is 13.9 Å². The van der Waals surface area contributed by atoms with Crippen LogP contribution >= 0.6 is 0 Å². The number of nitrogens with one attached hydrogen (secondary N) is 1. The maximum absolute atomic E-state index is 13.1. The van der Waals surface area contributed by atoms with Crippen LogP contribution in [-0.2, 0) is 11.2 Å². The standard InChI is InChI=1S/C14H19F2NO2/c1-14(18,8-13-9-19-3-2-17-13)7-10-4-11(15)6-12(16)5-10/h4-6,13,17-18H,2-3,7-9H2,1H3. The number of ether oxygens (including phenoxy) is 1. The third-order valence-corrected chi connectivity index (χ3v) is 3.19. The van der Waals surface area contributed by atoms with Gasteiger partial charge in [0.2, 0.25) is 0 Å². The van der Waals surface area contributed by atoms with E-state index in [-0.39, 0.29) is 12.5 Å². The Morgan fingerprint density at radius 1 is 1.37 bits per heavy atom. The minimum atomic E-state index is -1.03. The van der Waals surface area contributed by atoms with Crippen LogP contribution in [-0.4, -0.2) is 36.5 Å². The molecule has 2 unspecified atom stereocenters. The Labute approximate surface area is 111 Å². The monoisotopic (exact) mass is 271 g/mol. The molecule has 1 heterocycles. The molecule has 0 bridgehead atoms. The van der Waals surface area contributed by atoms with Gasteiger partial charge < -0.3 is 15.2 Å². The van der Waals surface area contributed by atoms with Gasteiger partial charge in [-0.2, -0.15) is 0 Å². The summed E-state index contributed by atoms with van der Waals surface area (Å²) in [6.07, 6.45) is 0.686. The number of rotatable bonds is 4. The van der Waals surface area contributed by atoms with Crippen molar-refractivity contribution < 1.29 is 18.6 Å². The fourth-order valence-electron chi connectivity index (χ4n) is 2.51. The van der Waals surface area contributed by atoms with E-state index in [4.69, 9.17) is 4.74 Å². The van der Waals surface area contributed by atoms with Crippen LogP contribution in [0.15, 0.2) is 18.2 Å². The molecule has 3 nitrogen and oxygen atoms in total. The van der Waals surface area contributed by atoms with Crippen molar-refractivity contribution in [3.8, 4) is 0 Å². The maximum atomic E-state index is 13.1. The van der Waals surface area contributed by atoms with Crippen molar-refractivity contribution in [2.45, 2.75) is 31.4 Å². The second kappa shape index (κ2) is 5.94. The summed E-state index contributed by atoms with van der Waals surface area (Å²) in [7, 11) is 0. The molecule has 0 aliphatic carbocycles. The SMILES string of the molecule is CC(O)(Cc1cc(F)cc(F)c1)CC1COCCN1. The molecule has 0 aromatic heterocycles. The number of hydrogen-bond donors (Lipinski definition) is 2. The minimum Gasteiger partial charge on any atom is -0.390 e. The molecule has 0 amide bonds. The van der Waals surface area contributed by atoms with E-state index in [2.05, 4.69) is 5.32 Å². The zero-order chi connectivity index (χ0) is 13.9. The Bertz CT molecular complexity index is 411. The summed E-state index contributed by atoms with van der Waals surface area (Å²) in [6, 6.07) is 3.40. The molecule has 5 heteroatoms. The third kappa shape index (κ3) is 4.53. The molecule has 2 rings (SSSR count). The van der Waals surface area contributed by atoms with Gasteiger partial charge >= 0.3 is 0 Å². The Hall–Kier alpha value is -1.04. The molecule has 1 aliphatic heterocycles. The van der Waals surface area contributed by atoms with Gasteiger partial charge in [0.15, 0.2) is 0 Å². The van der Waals surface area contributed by atoms with Crippen molar-refractivity contribution in [1.29, 1.82) is 0 Å². The molecular weight excluding hydrogens is 252 g/mol. The predicted molar refractivity (Wildman–Crippen MR) is 67.9 cm³/mol. The van der Waals surface area contributed by atoms with E-state index < -0.39 is 17.2 Å². The van der Waals surface area contributed by atoms with Gasteiger partial charge in [0.05, 0.1) is 18.8 Å². The molecule has 2 atom stereocenters. The molecule has 0 spiro atoms. The first-order chi connectivity index (χ1) is 8.94. The number of hydrogen-bond acceptors (Lipinski definition) is 3. The van der Waals surface area contributed by atoms with Gasteiger partial charge in [-0.15, -0.1) is 0 Å². The highest BCUT2D eigenvalue weighted by atomic mass is 19.1. The quantitative estimate of drug-likeness (QED) is 0.874. The Morgan fingerprint density at radius 3 is 2.63 bits per heavy atom. The van der Waals surface area contributed by atoms with Crippen LogP contribution in [0.1, 0.15) is 18.9 Å². The lowest BCUT2D eigenvalue weighted by atomic mass is 9.89.